The van der Waals surface area contributed by atoms with Gasteiger partial charge >= 0.3 is 0 Å². The highest BCUT2D eigenvalue weighted by molar-refractivity contribution is 6.30. The number of rotatable bonds is 5. The first-order valence-electron chi connectivity index (χ1n) is 9.34. The smallest absolute Gasteiger partial charge is 0.227 e. The fourth-order valence-electron chi connectivity index (χ4n) is 3.61. The number of nitrogens with zero attached hydrogens (tertiary/aromatic N) is 3. The number of halogens is 1. The molecule has 1 atom stereocenters. The third-order valence-electron chi connectivity index (χ3n) is 5.07. The van der Waals surface area contributed by atoms with E-state index >= 15 is 0 Å². The van der Waals surface area contributed by atoms with E-state index in [1.54, 1.807) is 17.2 Å². The Morgan fingerprint density at radius 1 is 1.25 bits per heavy atom. The van der Waals surface area contributed by atoms with E-state index in [4.69, 9.17) is 11.6 Å². The number of hydrogen-bond donors (Lipinski definition) is 1. The summed E-state index contributed by atoms with van der Waals surface area (Å²) < 4.78 is 1.83. The maximum atomic E-state index is 12.6. The number of imidazole rings is 1. The van der Waals surface area contributed by atoms with Crippen LogP contribution in [0.3, 0.4) is 0 Å². The van der Waals surface area contributed by atoms with Crippen LogP contribution in [0.25, 0.3) is 5.65 Å². The van der Waals surface area contributed by atoms with E-state index in [-0.39, 0.29) is 24.2 Å². The van der Waals surface area contributed by atoms with Gasteiger partial charge in [0, 0.05) is 31.0 Å². The Kier molecular flexibility index (Phi) is 5.05. The van der Waals surface area contributed by atoms with Gasteiger partial charge in [-0.25, -0.2) is 4.98 Å². The molecule has 28 heavy (non-hydrogen) atoms. The Hall–Kier alpha value is -2.86. The molecular weight excluding hydrogens is 376 g/mol. The van der Waals surface area contributed by atoms with Crippen molar-refractivity contribution in [1.82, 2.24) is 14.7 Å². The zero-order valence-corrected chi connectivity index (χ0v) is 16.3. The summed E-state index contributed by atoms with van der Waals surface area (Å²) in [6.07, 6.45) is 4.68. The number of aryl methyl sites for hydroxylation is 1. The lowest BCUT2D eigenvalue weighted by Gasteiger charge is -2.19. The van der Waals surface area contributed by atoms with Gasteiger partial charge in [0.15, 0.2) is 0 Å². The first kappa shape index (κ1) is 18.5. The van der Waals surface area contributed by atoms with E-state index in [1.807, 2.05) is 40.9 Å². The minimum absolute atomic E-state index is 0.0107. The molecule has 0 saturated carbocycles. The largest absolute Gasteiger partial charge is 0.350 e. The lowest BCUT2D eigenvalue weighted by atomic mass is 10.1. The molecule has 0 radical (unpaired) electrons. The molecule has 3 heterocycles. The Balaban J connectivity index is 1.41. The molecule has 4 rings (SSSR count). The molecule has 1 fully saturated rings. The molecule has 1 saturated heterocycles. The Morgan fingerprint density at radius 2 is 2.07 bits per heavy atom. The molecule has 0 bridgehead atoms. The quantitative estimate of drug-likeness (QED) is 0.720. The zero-order chi connectivity index (χ0) is 19.7. The van der Waals surface area contributed by atoms with Crippen molar-refractivity contribution < 1.29 is 9.59 Å². The van der Waals surface area contributed by atoms with Crippen LogP contribution in [0, 0.1) is 5.92 Å². The number of nitrogens with one attached hydrogen (secondary N) is 1. The molecule has 3 aromatic rings. The van der Waals surface area contributed by atoms with Crippen LogP contribution in [0.4, 0.5) is 5.69 Å². The first-order chi connectivity index (χ1) is 13.5. The summed E-state index contributed by atoms with van der Waals surface area (Å²) in [6, 6.07) is 11.5. The van der Waals surface area contributed by atoms with Gasteiger partial charge in [-0.1, -0.05) is 36.7 Å². The fourth-order valence-corrected chi connectivity index (χ4v) is 3.78. The molecule has 0 spiro atoms. The number of hydrogen-bond acceptors (Lipinski definition) is 3. The van der Waals surface area contributed by atoms with Gasteiger partial charge in [-0.2, -0.15) is 0 Å². The number of carbonyl (C=O) groups excluding carboxylic acids is 2. The first-order valence-corrected chi connectivity index (χ1v) is 9.72. The van der Waals surface area contributed by atoms with Crippen LogP contribution in [0.15, 0.2) is 48.8 Å². The molecule has 1 N–H and O–H groups in total. The third-order valence-corrected chi connectivity index (χ3v) is 5.29. The second-order valence-electron chi connectivity index (χ2n) is 6.95. The van der Waals surface area contributed by atoms with Gasteiger partial charge in [-0.05, 0) is 30.2 Å². The summed E-state index contributed by atoms with van der Waals surface area (Å²) in [5.41, 5.74) is 3.53. The van der Waals surface area contributed by atoms with Gasteiger partial charge < -0.3 is 14.6 Å². The number of pyridine rings is 1. The molecule has 1 aliphatic heterocycles. The summed E-state index contributed by atoms with van der Waals surface area (Å²) in [5.74, 6) is -0.493. The van der Waals surface area contributed by atoms with Crippen molar-refractivity contribution in [2.45, 2.75) is 26.3 Å². The van der Waals surface area contributed by atoms with Crippen molar-refractivity contribution in [3.8, 4) is 0 Å². The number of aromatic nitrogens is 2. The highest BCUT2D eigenvalue weighted by Crippen LogP contribution is 2.28. The molecule has 0 aliphatic carbocycles. The molecule has 2 amide bonds. The second-order valence-corrected chi connectivity index (χ2v) is 7.39. The van der Waals surface area contributed by atoms with Crippen LogP contribution in [0.1, 0.15) is 24.6 Å². The number of carbonyl (C=O) groups is 2. The van der Waals surface area contributed by atoms with Crippen LogP contribution in [-0.2, 0) is 22.6 Å². The highest BCUT2D eigenvalue weighted by atomic mass is 35.5. The number of fused-ring (bicyclic) bond motifs is 1. The molecule has 1 unspecified atom stereocenters. The van der Waals surface area contributed by atoms with E-state index in [9.17, 15) is 9.59 Å². The van der Waals surface area contributed by atoms with Gasteiger partial charge in [0.05, 0.1) is 23.2 Å². The average molecular weight is 397 g/mol. The maximum Gasteiger partial charge on any atom is 0.227 e. The van der Waals surface area contributed by atoms with Crippen LogP contribution in [-0.4, -0.2) is 27.7 Å². The lowest BCUT2D eigenvalue weighted by Crippen LogP contribution is -2.33. The fraction of sp³-hybridized carbons (Fsp3) is 0.286. The summed E-state index contributed by atoms with van der Waals surface area (Å²) >= 11 is 5.99. The molecule has 6 nitrogen and oxygen atoms in total. The lowest BCUT2D eigenvalue weighted by molar-refractivity contribution is -0.126. The predicted octanol–water partition coefficient (Wildman–Crippen LogP) is 3.22. The zero-order valence-electron chi connectivity index (χ0n) is 15.6. The van der Waals surface area contributed by atoms with E-state index in [0.717, 1.165) is 29.0 Å². The summed E-state index contributed by atoms with van der Waals surface area (Å²) in [7, 11) is 0. The second kappa shape index (κ2) is 7.64. The standard InChI is InChI=1S/C21H21ClN4O2/c1-2-14-5-3-4-6-18(14)26-11-15(9-20(26)27)21(28)23-10-17-13-25-12-16(22)7-8-19(25)24-17/h3-8,12-13,15H,2,9-11H2,1H3,(H,23,28). The summed E-state index contributed by atoms with van der Waals surface area (Å²) in [4.78, 5) is 31.3. The number of amides is 2. The number of benzene rings is 1. The van der Waals surface area contributed by atoms with Gasteiger partial charge in [-0.3, -0.25) is 9.59 Å². The minimum atomic E-state index is -0.358. The van der Waals surface area contributed by atoms with Crippen LogP contribution in [0.2, 0.25) is 5.02 Å². The molecule has 144 valence electrons. The van der Waals surface area contributed by atoms with E-state index in [2.05, 4.69) is 17.2 Å². The Bertz CT molecular complexity index is 1050. The van der Waals surface area contributed by atoms with Crippen LogP contribution < -0.4 is 10.2 Å². The van der Waals surface area contributed by atoms with Gasteiger partial charge in [0.2, 0.25) is 11.8 Å². The summed E-state index contributed by atoms with van der Waals surface area (Å²) in [6.45, 7) is 2.78. The van der Waals surface area contributed by atoms with Crippen molar-refractivity contribution in [1.29, 1.82) is 0 Å². The topological polar surface area (TPSA) is 66.7 Å². The van der Waals surface area contributed by atoms with Crippen molar-refractivity contribution in [3.05, 3.63) is 65.1 Å². The Labute approximate surface area is 168 Å². The monoisotopic (exact) mass is 396 g/mol. The molecular formula is C21H21ClN4O2. The average Bonchev–Trinajstić information content (AvgIpc) is 3.28. The molecule has 1 aromatic carbocycles. The molecule has 1 aliphatic rings. The minimum Gasteiger partial charge on any atom is -0.350 e. The summed E-state index contributed by atoms with van der Waals surface area (Å²) in [5, 5.41) is 3.53. The van der Waals surface area contributed by atoms with Crippen molar-refractivity contribution >= 4 is 34.7 Å². The van der Waals surface area contributed by atoms with Crippen molar-refractivity contribution in [2.75, 3.05) is 11.4 Å². The number of para-hydroxylation sites is 1. The van der Waals surface area contributed by atoms with Crippen molar-refractivity contribution in [2.24, 2.45) is 5.92 Å². The normalized spacial score (nSPS) is 16.7. The Morgan fingerprint density at radius 3 is 2.89 bits per heavy atom. The van der Waals surface area contributed by atoms with E-state index in [1.165, 1.54) is 0 Å². The van der Waals surface area contributed by atoms with Crippen LogP contribution in [0.5, 0.6) is 0 Å². The highest BCUT2D eigenvalue weighted by Gasteiger charge is 2.35. The molecule has 2 aromatic heterocycles. The van der Waals surface area contributed by atoms with Crippen LogP contribution >= 0.6 is 11.6 Å². The van der Waals surface area contributed by atoms with Crippen molar-refractivity contribution in [3.63, 3.8) is 0 Å². The van der Waals surface area contributed by atoms with Gasteiger partial charge in [0.1, 0.15) is 5.65 Å². The molecule has 7 heteroatoms. The third kappa shape index (κ3) is 3.60. The van der Waals surface area contributed by atoms with Gasteiger partial charge in [-0.15, -0.1) is 0 Å². The van der Waals surface area contributed by atoms with E-state index in [0.29, 0.717) is 18.1 Å². The predicted molar refractivity (Wildman–Crippen MR) is 108 cm³/mol. The SMILES string of the molecule is CCc1ccccc1N1CC(C(=O)NCc2cn3cc(Cl)ccc3n2)CC1=O. The van der Waals surface area contributed by atoms with E-state index < -0.39 is 0 Å². The van der Waals surface area contributed by atoms with Gasteiger partial charge in [0.25, 0.3) is 0 Å². The maximum absolute atomic E-state index is 12.6. The number of anilines is 1.